The standard InChI is InChI=1S/C31H34N6O3S/c1-31(2,39)9-11-34-19-23-16-27(35-29(38)28-20-41-30(36-28)22-4-3-10-33-18-22)25(17-26(23)32)21-5-7-24(8-6-21)37-12-14-40-15-13-37/h3-8,10,16-20,39H,9,11-15,32H2,1-2H3,(H,35,38). The number of ether oxygens (including phenoxy) is 1. The van der Waals surface area contributed by atoms with Crippen molar-refractivity contribution < 1.29 is 14.6 Å². The number of aromatic nitrogens is 2. The zero-order chi connectivity index (χ0) is 28.8. The van der Waals surface area contributed by atoms with Crippen LogP contribution in [0.5, 0.6) is 0 Å². The van der Waals surface area contributed by atoms with Gasteiger partial charge >= 0.3 is 0 Å². The summed E-state index contributed by atoms with van der Waals surface area (Å²) in [6.45, 7) is 7.08. The van der Waals surface area contributed by atoms with E-state index in [1.165, 1.54) is 11.3 Å². The van der Waals surface area contributed by atoms with Gasteiger partial charge in [-0.3, -0.25) is 14.8 Å². The van der Waals surface area contributed by atoms with E-state index < -0.39 is 5.60 Å². The molecule has 2 aromatic heterocycles. The molecule has 0 aliphatic carbocycles. The molecule has 2 aromatic carbocycles. The molecule has 1 saturated heterocycles. The van der Waals surface area contributed by atoms with E-state index in [4.69, 9.17) is 10.5 Å². The van der Waals surface area contributed by atoms with Crippen molar-refractivity contribution in [3.05, 3.63) is 77.6 Å². The first-order chi connectivity index (χ1) is 19.8. The van der Waals surface area contributed by atoms with Gasteiger partial charge in [-0.15, -0.1) is 11.3 Å². The summed E-state index contributed by atoms with van der Waals surface area (Å²) in [5.74, 6) is -0.322. The fourth-order valence-corrected chi connectivity index (χ4v) is 5.24. The maximum atomic E-state index is 13.4. The van der Waals surface area contributed by atoms with Crippen molar-refractivity contribution in [1.82, 2.24) is 9.97 Å². The molecule has 0 radical (unpaired) electrons. The third-order valence-corrected chi connectivity index (χ3v) is 7.65. The number of hydrogen-bond acceptors (Lipinski definition) is 9. The van der Waals surface area contributed by atoms with Crippen LogP contribution in [0.4, 0.5) is 17.1 Å². The number of rotatable bonds is 9. The molecule has 3 heterocycles. The fraction of sp³-hybridized carbons (Fsp3) is 0.290. The second-order valence-electron chi connectivity index (χ2n) is 10.5. The number of nitrogens with one attached hydrogen (secondary N) is 1. The molecule has 41 heavy (non-hydrogen) atoms. The maximum Gasteiger partial charge on any atom is 0.275 e. The molecule has 1 aliphatic rings. The van der Waals surface area contributed by atoms with Gasteiger partial charge in [0.2, 0.25) is 0 Å². The molecule has 0 spiro atoms. The van der Waals surface area contributed by atoms with Crippen molar-refractivity contribution in [3.8, 4) is 21.7 Å². The molecule has 0 saturated carbocycles. The monoisotopic (exact) mass is 570 g/mol. The summed E-state index contributed by atoms with van der Waals surface area (Å²) in [5, 5.41) is 15.5. The topological polar surface area (TPSA) is 126 Å². The van der Waals surface area contributed by atoms with Gasteiger partial charge in [0.1, 0.15) is 10.7 Å². The summed E-state index contributed by atoms with van der Waals surface area (Å²) >= 11 is 1.39. The van der Waals surface area contributed by atoms with E-state index in [-0.39, 0.29) is 5.91 Å². The Bertz CT molecular complexity index is 1510. The van der Waals surface area contributed by atoms with Crippen molar-refractivity contribution in [3.63, 3.8) is 0 Å². The highest BCUT2D eigenvalue weighted by Gasteiger charge is 2.18. The highest BCUT2D eigenvalue weighted by atomic mass is 32.1. The molecule has 1 aliphatic heterocycles. The number of aliphatic imine (C=N–C) groups is 1. The first-order valence-electron chi connectivity index (χ1n) is 13.5. The lowest BCUT2D eigenvalue weighted by Crippen LogP contribution is -2.36. The van der Waals surface area contributed by atoms with Gasteiger partial charge in [0.15, 0.2) is 0 Å². The molecule has 0 bridgehead atoms. The van der Waals surface area contributed by atoms with E-state index in [9.17, 15) is 9.90 Å². The summed E-state index contributed by atoms with van der Waals surface area (Å²) in [6.07, 6.45) is 5.63. The van der Waals surface area contributed by atoms with Crippen LogP contribution in [0.1, 0.15) is 36.3 Å². The van der Waals surface area contributed by atoms with E-state index in [0.29, 0.717) is 48.8 Å². The lowest BCUT2D eigenvalue weighted by atomic mass is 9.99. The normalized spacial score (nSPS) is 14.0. The first-order valence-corrected chi connectivity index (χ1v) is 14.4. The molecule has 5 rings (SSSR count). The summed E-state index contributed by atoms with van der Waals surface area (Å²) in [7, 11) is 0. The minimum absolute atomic E-state index is 0.319. The molecule has 0 unspecified atom stereocenters. The van der Waals surface area contributed by atoms with Gasteiger partial charge in [-0.25, -0.2) is 4.98 Å². The van der Waals surface area contributed by atoms with Gasteiger partial charge in [-0.1, -0.05) is 12.1 Å². The van der Waals surface area contributed by atoms with Crippen LogP contribution in [-0.4, -0.2) is 65.6 Å². The van der Waals surface area contributed by atoms with Crippen LogP contribution in [0.2, 0.25) is 0 Å². The third kappa shape index (κ3) is 7.35. The van der Waals surface area contributed by atoms with Crippen molar-refractivity contribution >= 4 is 40.5 Å². The lowest BCUT2D eigenvalue weighted by molar-refractivity contribution is 0.0739. The van der Waals surface area contributed by atoms with E-state index in [1.807, 2.05) is 36.4 Å². The highest BCUT2D eigenvalue weighted by molar-refractivity contribution is 7.13. The molecule has 1 amide bonds. The van der Waals surface area contributed by atoms with E-state index in [0.717, 1.165) is 40.5 Å². The average Bonchev–Trinajstić information content (AvgIpc) is 3.48. The Morgan fingerprint density at radius 3 is 2.68 bits per heavy atom. The second-order valence-corrected chi connectivity index (χ2v) is 11.4. The van der Waals surface area contributed by atoms with Gasteiger partial charge in [0.25, 0.3) is 5.91 Å². The number of thiazole rings is 1. The van der Waals surface area contributed by atoms with E-state index in [2.05, 4.69) is 37.3 Å². The predicted octanol–water partition coefficient (Wildman–Crippen LogP) is 5.12. The molecule has 212 valence electrons. The van der Waals surface area contributed by atoms with Crippen molar-refractivity contribution in [2.75, 3.05) is 48.8 Å². The number of pyridine rings is 1. The smallest absolute Gasteiger partial charge is 0.275 e. The summed E-state index contributed by atoms with van der Waals surface area (Å²) in [4.78, 5) is 28.8. The third-order valence-electron chi connectivity index (χ3n) is 6.75. The van der Waals surface area contributed by atoms with Gasteiger partial charge in [0, 0.05) is 77.4 Å². The number of nitrogens with two attached hydrogens (primary N) is 1. The molecule has 4 N–H and O–H groups in total. The minimum Gasteiger partial charge on any atom is -0.398 e. The van der Waals surface area contributed by atoms with Crippen LogP contribution in [0.15, 0.2) is 71.3 Å². The maximum absolute atomic E-state index is 13.4. The Labute approximate surface area is 243 Å². The molecular weight excluding hydrogens is 536 g/mol. The quantitative estimate of drug-likeness (QED) is 0.188. The SMILES string of the molecule is CC(C)(O)CCN=Cc1cc(NC(=O)c2csc(-c3cccnc3)n2)c(-c2ccc(N3CCOCC3)cc2)cc1N. The Balaban J connectivity index is 1.44. The number of nitrogens with zero attached hydrogens (tertiary/aromatic N) is 4. The van der Waals surface area contributed by atoms with Crippen molar-refractivity contribution in [2.45, 2.75) is 25.9 Å². The number of morpholine rings is 1. The second kappa shape index (κ2) is 12.6. The Morgan fingerprint density at radius 2 is 1.98 bits per heavy atom. The number of carbonyl (C=O) groups excluding carboxylic acids is 1. The summed E-state index contributed by atoms with van der Waals surface area (Å²) in [5.41, 5.74) is 11.5. The number of nitrogen functional groups attached to an aromatic ring is 1. The number of carbonyl (C=O) groups is 1. The highest BCUT2D eigenvalue weighted by Crippen LogP contribution is 2.34. The Morgan fingerprint density at radius 1 is 1.20 bits per heavy atom. The van der Waals surface area contributed by atoms with Gasteiger partial charge in [-0.2, -0.15) is 0 Å². The average molecular weight is 571 g/mol. The number of hydrogen-bond donors (Lipinski definition) is 3. The molecule has 9 nitrogen and oxygen atoms in total. The first kappa shape index (κ1) is 28.4. The Hall–Kier alpha value is -4.12. The van der Waals surface area contributed by atoms with Crippen LogP contribution in [-0.2, 0) is 4.74 Å². The van der Waals surface area contributed by atoms with Crippen LogP contribution in [0.3, 0.4) is 0 Å². The van der Waals surface area contributed by atoms with Crippen LogP contribution in [0.25, 0.3) is 21.7 Å². The summed E-state index contributed by atoms with van der Waals surface area (Å²) < 4.78 is 5.48. The predicted molar refractivity (Wildman–Crippen MR) is 166 cm³/mol. The van der Waals surface area contributed by atoms with Crippen LogP contribution < -0.4 is 16.0 Å². The molecule has 10 heteroatoms. The summed E-state index contributed by atoms with van der Waals surface area (Å²) in [6, 6.07) is 15.7. The minimum atomic E-state index is -0.804. The lowest BCUT2D eigenvalue weighted by Gasteiger charge is -2.29. The van der Waals surface area contributed by atoms with E-state index >= 15 is 0 Å². The van der Waals surface area contributed by atoms with Crippen LogP contribution in [0, 0.1) is 0 Å². The van der Waals surface area contributed by atoms with Crippen molar-refractivity contribution in [2.24, 2.45) is 4.99 Å². The zero-order valence-electron chi connectivity index (χ0n) is 23.2. The number of benzene rings is 2. The zero-order valence-corrected chi connectivity index (χ0v) is 24.0. The van der Waals surface area contributed by atoms with Gasteiger partial charge < -0.3 is 25.8 Å². The number of amides is 1. The molecule has 1 fully saturated rings. The molecule has 4 aromatic rings. The largest absolute Gasteiger partial charge is 0.398 e. The number of anilines is 3. The van der Waals surface area contributed by atoms with Gasteiger partial charge in [0.05, 0.1) is 18.8 Å². The Kier molecular flexibility index (Phi) is 8.72. The van der Waals surface area contributed by atoms with E-state index in [1.54, 1.807) is 37.8 Å². The fourth-order valence-electron chi connectivity index (χ4n) is 4.45. The molecule has 0 atom stereocenters. The molecular formula is C31H34N6O3S. The number of aliphatic hydroxyl groups is 1. The van der Waals surface area contributed by atoms with Crippen molar-refractivity contribution in [1.29, 1.82) is 0 Å². The van der Waals surface area contributed by atoms with Crippen LogP contribution >= 0.6 is 11.3 Å². The van der Waals surface area contributed by atoms with Gasteiger partial charge in [-0.05, 0) is 62.2 Å².